The summed E-state index contributed by atoms with van der Waals surface area (Å²) in [5.74, 6) is 1.68. The Morgan fingerprint density at radius 3 is 2.76 bits per heavy atom. The molecule has 1 aromatic rings. The Morgan fingerprint density at radius 2 is 1.88 bits per heavy atom. The van der Waals surface area contributed by atoms with E-state index in [2.05, 4.69) is 16.7 Å². The molecule has 134 valence electrons. The highest BCUT2D eigenvalue weighted by molar-refractivity contribution is 5.98. The third kappa shape index (κ3) is 3.20. The summed E-state index contributed by atoms with van der Waals surface area (Å²) in [4.78, 5) is 12.7. The van der Waals surface area contributed by atoms with Gasteiger partial charge in [0, 0.05) is 23.7 Å². The molecule has 1 amide bonds. The number of methoxy groups -OCH3 is 1. The first-order valence-corrected chi connectivity index (χ1v) is 9.67. The van der Waals surface area contributed by atoms with E-state index in [9.17, 15) is 4.79 Å². The molecule has 1 saturated carbocycles. The molecule has 2 heterocycles. The quantitative estimate of drug-likeness (QED) is 0.866. The summed E-state index contributed by atoms with van der Waals surface area (Å²) in [6.45, 7) is 0.705. The van der Waals surface area contributed by atoms with Crippen LogP contribution in [-0.2, 0) is 4.79 Å². The Morgan fingerprint density at radius 1 is 1.08 bits per heavy atom. The summed E-state index contributed by atoms with van der Waals surface area (Å²) in [6, 6.07) is 8.54. The van der Waals surface area contributed by atoms with Crippen molar-refractivity contribution in [3.63, 3.8) is 0 Å². The van der Waals surface area contributed by atoms with Gasteiger partial charge in [0.1, 0.15) is 5.75 Å². The number of benzene rings is 1. The number of carbonyl (C=O) groups excluding carboxylic acids is 1. The first-order valence-electron chi connectivity index (χ1n) is 9.67. The molecular weight excluding hydrogens is 312 g/mol. The fourth-order valence-electron chi connectivity index (χ4n) is 4.89. The molecule has 1 fully saturated rings. The number of carbonyl (C=O) groups is 1. The van der Waals surface area contributed by atoms with Crippen molar-refractivity contribution in [1.29, 1.82) is 0 Å². The van der Waals surface area contributed by atoms with Gasteiger partial charge in [-0.25, -0.2) is 0 Å². The van der Waals surface area contributed by atoms with Gasteiger partial charge in [0.05, 0.1) is 13.2 Å². The largest absolute Gasteiger partial charge is 0.496 e. The summed E-state index contributed by atoms with van der Waals surface area (Å²) >= 11 is 0. The topological polar surface area (TPSA) is 50.4 Å². The van der Waals surface area contributed by atoms with E-state index in [1.165, 1.54) is 44.1 Å². The number of para-hydroxylation sites is 1. The van der Waals surface area contributed by atoms with Crippen LogP contribution in [0.4, 0.5) is 0 Å². The third-order valence-electron chi connectivity index (χ3n) is 6.17. The van der Waals surface area contributed by atoms with Crippen LogP contribution in [0.1, 0.15) is 56.6 Å². The maximum atomic E-state index is 12.7. The van der Waals surface area contributed by atoms with Crippen molar-refractivity contribution in [2.24, 2.45) is 5.92 Å². The summed E-state index contributed by atoms with van der Waals surface area (Å²) in [5.41, 5.74) is 3.31. The van der Waals surface area contributed by atoms with Crippen molar-refractivity contribution < 1.29 is 9.53 Å². The molecular formula is C21H28N2O2. The molecule has 4 rings (SSSR count). The smallest absolute Gasteiger partial charge is 0.249 e. The third-order valence-corrected chi connectivity index (χ3v) is 6.17. The predicted octanol–water partition coefficient (Wildman–Crippen LogP) is 3.50. The van der Waals surface area contributed by atoms with E-state index in [4.69, 9.17) is 4.74 Å². The second-order valence-electron chi connectivity index (χ2n) is 7.58. The summed E-state index contributed by atoms with van der Waals surface area (Å²) in [5, 5.41) is 6.94. The zero-order valence-corrected chi connectivity index (χ0v) is 15.0. The van der Waals surface area contributed by atoms with Gasteiger partial charge >= 0.3 is 0 Å². The standard InChI is InChI=1S/C21H28N2O2/c1-25-18-12-5-3-10-16(18)20-19-15(13-22-21(19)24)9-6-8-14-7-2-4-11-17(14)23-20/h3,5,10,12,14,17,20,23H,2,4,6-9,11,13H2,1H3,(H,22,24)/t14-,17+,20+/m0/s1. The van der Waals surface area contributed by atoms with E-state index in [0.717, 1.165) is 29.2 Å². The SMILES string of the molecule is COc1ccccc1[C@H]1N[C@@H]2CCCC[C@H]2CCCC2=C1C(=O)NC2. The van der Waals surface area contributed by atoms with E-state index in [0.29, 0.717) is 12.6 Å². The number of nitrogens with one attached hydrogen (secondary N) is 2. The summed E-state index contributed by atoms with van der Waals surface area (Å²) in [7, 11) is 1.71. The van der Waals surface area contributed by atoms with Gasteiger partial charge in [0.15, 0.2) is 0 Å². The van der Waals surface area contributed by atoms with Gasteiger partial charge in [-0.2, -0.15) is 0 Å². The Balaban J connectivity index is 1.77. The lowest BCUT2D eigenvalue weighted by Gasteiger charge is -2.35. The highest BCUT2D eigenvalue weighted by Crippen LogP contribution is 2.39. The average Bonchev–Trinajstić information content (AvgIpc) is 3.03. The van der Waals surface area contributed by atoms with Crippen molar-refractivity contribution in [2.45, 2.75) is 57.0 Å². The number of amides is 1. The molecule has 3 aliphatic rings. The van der Waals surface area contributed by atoms with Gasteiger partial charge < -0.3 is 15.4 Å². The second kappa shape index (κ2) is 7.20. The molecule has 0 saturated heterocycles. The maximum absolute atomic E-state index is 12.7. The Bertz CT molecular complexity index is 682. The van der Waals surface area contributed by atoms with Crippen molar-refractivity contribution in [2.75, 3.05) is 13.7 Å². The van der Waals surface area contributed by atoms with Crippen LogP contribution in [-0.4, -0.2) is 25.6 Å². The summed E-state index contributed by atoms with van der Waals surface area (Å²) < 4.78 is 5.63. The lowest BCUT2D eigenvalue weighted by atomic mass is 9.81. The van der Waals surface area contributed by atoms with Crippen LogP contribution < -0.4 is 15.4 Å². The number of rotatable bonds is 2. The van der Waals surface area contributed by atoms with Crippen LogP contribution in [0.3, 0.4) is 0 Å². The molecule has 0 radical (unpaired) electrons. The minimum absolute atomic E-state index is 0.0719. The number of hydrogen-bond acceptors (Lipinski definition) is 3. The van der Waals surface area contributed by atoms with E-state index in [1.807, 2.05) is 18.2 Å². The Hall–Kier alpha value is -1.81. The van der Waals surface area contributed by atoms with Crippen LogP contribution in [0.25, 0.3) is 0 Å². The van der Waals surface area contributed by atoms with E-state index < -0.39 is 0 Å². The fraction of sp³-hybridized carbons (Fsp3) is 0.571. The molecule has 25 heavy (non-hydrogen) atoms. The molecule has 0 spiro atoms. The molecule has 1 aromatic carbocycles. The minimum atomic E-state index is -0.0719. The van der Waals surface area contributed by atoms with E-state index in [-0.39, 0.29) is 11.9 Å². The minimum Gasteiger partial charge on any atom is -0.496 e. The van der Waals surface area contributed by atoms with Gasteiger partial charge in [-0.15, -0.1) is 0 Å². The molecule has 4 heteroatoms. The molecule has 4 nitrogen and oxygen atoms in total. The van der Waals surface area contributed by atoms with Crippen molar-refractivity contribution in [3.8, 4) is 5.75 Å². The van der Waals surface area contributed by atoms with Crippen LogP contribution in [0, 0.1) is 5.92 Å². The van der Waals surface area contributed by atoms with Crippen molar-refractivity contribution in [3.05, 3.63) is 41.0 Å². The molecule has 2 N–H and O–H groups in total. The first-order chi connectivity index (χ1) is 12.3. The maximum Gasteiger partial charge on any atom is 0.249 e. The lowest BCUT2D eigenvalue weighted by molar-refractivity contribution is -0.117. The Kier molecular flexibility index (Phi) is 4.80. The fourth-order valence-corrected chi connectivity index (χ4v) is 4.89. The van der Waals surface area contributed by atoms with E-state index >= 15 is 0 Å². The van der Waals surface area contributed by atoms with Crippen LogP contribution in [0.15, 0.2) is 35.4 Å². The second-order valence-corrected chi connectivity index (χ2v) is 7.58. The lowest BCUT2D eigenvalue weighted by Crippen LogP contribution is -2.42. The molecule has 3 atom stereocenters. The Labute approximate surface area is 150 Å². The molecule has 0 bridgehead atoms. The van der Waals surface area contributed by atoms with Crippen LogP contribution >= 0.6 is 0 Å². The van der Waals surface area contributed by atoms with Crippen molar-refractivity contribution in [1.82, 2.24) is 10.6 Å². The van der Waals surface area contributed by atoms with Gasteiger partial charge in [0.25, 0.3) is 0 Å². The highest BCUT2D eigenvalue weighted by atomic mass is 16.5. The zero-order valence-electron chi connectivity index (χ0n) is 15.0. The normalized spacial score (nSPS) is 29.8. The van der Waals surface area contributed by atoms with Gasteiger partial charge in [-0.05, 0) is 49.7 Å². The molecule has 1 aliphatic carbocycles. The number of ether oxygens (including phenoxy) is 1. The highest BCUT2D eigenvalue weighted by Gasteiger charge is 2.36. The van der Waals surface area contributed by atoms with Gasteiger partial charge in [-0.3, -0.25) is 4.79 Å². The van der Waals surface area contributed by atoms with Crippen molar-refractivity contribution >= 4 is 5.91 Å². The zero-order chi connectivity index (χ0) is 17.2. The van der Waals surface area contributed by atoms with E-state index in [1.54, 1.807) is 7.11 Å². The van der Waals surface area contributed by atoms with Crippen LogP contribution in [0.2, 0.25) is 0 Å². The summed E-state index contributed by atoms with van der Waals surface area (Å²) in [6.07, 6.45) is 8.63. The number of fused-ring (bicyclic) bond motifs is 1. The molecule has 0 aromatic heterocycles. The first kappa shape index (κ1) is 16.6. The van der Waals surface area contributed by atoms with Gasteiger partial charge in [0.2, 0.25) is 5.91 Å². The molecule has 0 unspecified atom stereocenters. The van der Waals surface area contributed by atoms with Crippen LogP contribution in [0.5, 0.6) is 5.75 Å². The number of hydrogen-bond donors (Lipinski definition) is 2. The predicted molar refractivity (Wildman–Crippen MR) is 98.5 cm³/mol. The molecule has 2 aliphatic heterocycles. The van der Waals surface area contributed by atoms with Gasteiger partial charge in [-0.1, -0.05) is 31.0 Å². The monoisotopic (exact) mass is 340 g/mol. The average molecular weight is 340 g/mol.